The Morgan fingerprint density at radius 2 is 2.06 bits per heavy atom. The molecule has 2 N–H and O–H groups in total. The Morgan fingerprint density at radius 1 is 1.50 bits per heavy atom. The van der Waals surface area contributed by atoms with E-state index in [1.54, 1.807) is 7.05 Å². The monoisotopic (exact) mass is 228 g/mol. The molecule has 5 nitrogen and oxygen atoms in total. The number of nitrogens with one attached hydrogen (secondary N) is 1. The van der Waals surface area contributed by atoms with Gasteiger partial charge in [-0.25, -0.2) is 9.59 Å². The second-order valence-electron chi connectivity index (χ2n) is 4.14. The van der Waals surface area contributed by atoms with E-state index in [2.05, 4.69) is 11.9 Å². The molecule has 1 unspecified atom stereocenters. The second-order valence-corrected chi connectivity index (χ2v) is 4.14. The maximum absolute atomic E-state index is 11.6. The van der Waals surface area contributed by atoms with Crippen molar-refractivity contribution >= 4 is 12.0 Å². The van der Waals surface area contributed by atoms with Crippen LogP contribution in [0.2, 0.25) is 0 Å². The van der Waals surface area contributed by atoms with Gasteiger partial charge in [-0.05, 0) is 12.3 Å². The maximum Gasteiger partial charge on any atom is 0.326 e. The molecule has 0 radical (unpaired) electrons. The fraction of sp³-hybridized carbons (Fsp3) is 0.636. The molecule has 0 saturated carbocycles. The molecule has 0 saturated heterocycles. The summed E-state index contributed by atoms with van der Waals surface area (Å²) in [6, 6.07) is -1.28. The number of carbonyl (C=O) groups is 2. The third kappa shape index (κ3) is 5.38. The third-order valence-corrected chi connectivity index (χ3v) is 1.98. The molecule has 0 aliphatic heterocycles. The molecule has 5 heteroatoms. The van der Waals surface area contributed by atoms with Gasteiger partial charge in [0.1, 0.15) is 6.04 Å². The largest absolute Gasteiger partial charge is 0.480 e. The Balaban J connectivity index is 4.28. The van der Waals surface area contributed by atoms with E-state index in [9.17, 15) is 9.59 Å². The van der Waals surface area contributed by atoms with Crippen LogP contribution in [0.4, 0.5) is 4.79 Å². The predicted molar refractivity (Wildman–Crippen MR) is 62.2 cm³/mol. The minimum absolute atomic E-state index is 0.219. The lowest BCUT2D eigenvalue weighted by Gasteiger charge is -2.22. The van der Waals surface area contributed by atoms with Gasteiger partial charge in [0.2, 0.25) is 0 Å². The molecule has 0 aromatic carbocycles. The average Bonchev–Trinajstić information content (AvgIpc) is 2.15. The molecule has 0 aromatic rings. The molecule has 0 aliphatic rings. The summed E-state index contributed by atoms with van der Waals surface area (Å²) in [6.07, 6.45) is 1.69. The standard InChI is InChI=1S/C11H20N2O3/c1-5-6-9(10(14)15)12-11(16)13(4)7-8(2)3/h5,8-9H,1,6-7H2,2-4H3,(H,12,16)(H,14,15). The van der Waals surface area contributed by atoms with Crippen LogP contribution in [0.15, 0.2) is 12.7 Å². The van der Waals surface area contributed by atoms with Crippen LogP contribution in [-0.4, -0.2) is 41.6 Å². The Labute approximate surface area is 96.1 Å². The van der Waals surface area contributed by atoms with Gasteiger partial charge in [0.05, 0.1) is 0 Å². The molecule has 0 bridgehead atoms. The summed E-state index contributed by atoms with van der Waals surface area (Å²) < 4.78 is 0. The van der Waals surface area contributed by atoms with Gasteiger partial charge in [-0.15, -0.1) is 6.58 Å². The molecular formula is C11H20N2O3. The van der Waals surface area contributed by atoms with Gasteiger partial charge in [-0.1, -0.05) is 19.9 Å². The number of amides is 2. The lowest BCUT2D eigenvalue weighted by Crippen LogP contribution is -2.47. The van der Waals surface area contributed by atoms with E-state index < -0.39 is 12.0 Å². The summed E-state index contributed by atoms with van der Waals surface area (Å²) >= 11 is 0. The predicted octanol–water partition coefficient (Wildman–Crippen LogP) is 1.31. The van der Waals surface area contributed by atoms with Gasteiger partial charge >= 0.3 is 12.0 Å². The van der Waals surface area contributed by atoms with E-state index in [1.165, 1.54) is 11.0 Å². The van der Waals surface area contributed by atoms with Crippen molar-refractivity contribution in [2.24, 2.45) is 5.92 Å². The molecule has 16 heavy (non-hydrogen) atoms. The van der Waals surface area contributed by atoms with Crippen molar-refractivity contribution in [2.75, 3.05) is 13.6 Å². The zero-order valence-corrected chi connectivity index (χ0v) is 10.1. The fourth-order valence-electron chi connectivity index (χ4n) is 1.28. The summed E-state index contributed by atoms with van der Waals surface area (Å²) in [6.45, 7) is 8.02. The molecule has 1 atom stereocenters. The number of nitrogens with zero attached hydrogens (tertiary/aromatic N) is 1. The highest BCUT2D eigenvalue weighted by Gasteiger charge is 2.20. The topological polar surface area (TPSA) is 69.6 Å². The third-order valence-electron chi connectivity index (χ3n) is 1.98. The van der Waals surface area contributed by atoms with E-state index in [4.69, 9.17) is 5.11 Å². The minimum Gasteiger partial charge on any atom is -0.480 e. The zero-order chi connectivity index (χ0) is 12.7. The van der Waals surface area contributed by atoms with Crippen molar-refractivity contribution in [3.8, 4) is 0 Å². The molecule has 0 aromatic heterocycles. The highest BCUT2D eigenvalue weighted by atomic mass is 16.4. The number of carboxylic acid groups (broad SMARTS) is 1. The van der Waals surface area contributed by atoms with Crippen molar-refractivity contribution in [2.45, 2.75) is 26.3 Å². The van der Waals surface area contributed by atoms with Crippen LogP contribution in [0, 0.1) is 5.92 Å². The molecule has 2 amide bonds. The lowest BCUT2D eigenvalue weighted by molar-refractivity contribution is -0.139. The average molecular weight is 228 g/mol. The molecule has 0 spiro atoms. The summed E-state index contributed by atoms with van der Waals surface area (Å²) in [5, 5.41) is 11.3. The minimum atomic E-state index is -1.05. The van der Waals surface area contributed by atoms with Gasteiger partial charge in [-0.3, -0.25) is 0 Å². The van der Waals surface area contributed by atoms with E-state index in [0.717, 1.165) is 0 Å². The second kappa shape index (κ2) is 6.87. The number of urea groups is 1. The Morgan fingerprint density at radius 3 is 2.44 bits per heavy atom. The number of carboxylic acids is 1. The van der Waals surface area contributed by atoms with E-state index >= 15 is 0 Å². The molecule has 92 valence electrons. The number of hydrogen-bond acceptors (Lipinski definition) is 2. The van der Waals surface area contributed by atoms with Crippen LogP contribution in [0.3, 0.4) is 0 Å². The first-order valence-electron chi connectivity index (χ1n) is 5.23. The molecule has 0 fully saturated rings. The van der Waals surface area contributed by atoms with E-state index in [1.807, 2.05) is 13.8 Å². The van der Waals surface area contributed by atoms with Crippen molar-refractivity contribution in [1.82, 2.24) is 10.2 Å². The van der Waals surface area contributed by atoms with E-state index in [0.29, 0.717) is 12.5 Å². The quantitative estimate of drug-likeness (QED) is 0.673. The van der Waals surface area contributed by atoms with Crippen molar-refractivity contribution in [3.63, 3.8) is 0 Å². The highest BCUT2D eigenvalue weighted by molar-refractivity contribution is 5.82. The van der Waals surface area contributed by atoms with Crippen LogP contribution in [0.5, 0.6) is 0 Å². The Bertz CT molecular complexity index is 264. The first-order valence-corrected chi connectivity index (χ1v) is 5.23. The zero-order valence-electron chi connectivity index (χ0n) is 10.1. The molecule has 0 heterocycles. The van der Waals surface area contributed by atoms with E-state index in [-0.39, 0.29) is 12.5 Å². The number of carbonyl (C=O) groups excluding carboxylic acids is 1. The van der Waals surface area contributed by atoms with Gasteiger partial charge < -0.3 is 15.3 Å². The van der Waals surface area contributed by atoms with Crippen molar-refractivity contribution < 1.29 is 14.7 Å². The lowest BCUT2D eigenvalue weighted by atomic mass is 10.2. The van der Waals surface area contributed by atoms with Crippen LogP contribution < -0.4 is 5.32 Å². The van der Waals surface area contributed by atoms with Crippen LogP contribution in [0.1, 0.15) is 20.3 Å². The van der Waals surface area contributed by atoms with Crippen LogP contribution in [-0.2, 0) is 4.79 Å². The number of rotatable bonds is 6. The highest BCUT2D eigenvalue weighted by Crippen LogP contribution is 1.99. The normalized spacial score (nSPS) is 12.0. The summed E-state index contributed by atoms with van der Waals surface area (Å²) in [7, 11) is 1.64. The summed E-state index contributed by atoms with van der Waals surface area (Å²) in [5.41, 5.74) is 0. The smallest absolute Gasteiger partial charge is 0.326 e. The number of aliphatic carboxylic acids is 1. The Hall–Kier alpha value is -1.52. The maximum atomic E-state index is 11.6. The molecular weight excluding hydrogens is 208 g/mol. The van der Waals surface area contributed by atoms with Gasteiger partial charge in [0.25, 0.3) is 0 Å². The van der Waals surface area contributed by atoms with Gasteiger partial charge in [0.15, 0.2) is 0 Å². The van der Waals surface area contributed by atoms with Crippen molar-refractivity contribution in [1.29, 1.82) is 0 Å². The first kappa shape index (κ1) is 14.5. The Kier molecular flexibility index (Phi) is 6.22. The van der Waals surface area contributed by atoms with Crippen LogP contribution in [0.25, 0.3) is 0 Å². The van der Waals surface area contributed by atoms with Crippen LogP contribution >= 0.6 is 0 Å². The SMILES string of the molecule is C=CCC(NC(=O)N(C)CC(C)C)C(=O)O. The number of hydrogen-bond donors (Lipinski definition) is 2. The fourth-order valence-corrected chi connectivity index (χ4v) is 1.28. The van der Waals surface area contributed by atoms with Gasteiger partial charge in [0, 0.05) is 13.6 Å². The molecule has 0 aliphatic carbocycles. The summed E-state index contributed by atoms with van der Waals surface area (Å²) in [5.74, 6) is -0.704. The molecule has 0 rings (SSSR count). The van der Waals surface area contributed by atoms with Crippen molar-refractivity contribution in [3.05, 3.63) is 12.7 Å². The summed E-state index contributed by atoms with van der Waals surface area (Å²) in [4.78, 5) is 23.8. The van der Waals surface area contributed by atoms with Gasteiger partial charge in [-0.2, -0.15) is 0 Å². The first-order chi connectivity index (χ1) is 7.38.